The fourth-order valence-corrected chi connectivity index (χ4v) is 3.41. The average Bonchev–Trinajstić information content (AvgIpc) is 3.08. The lowest BCUT2D eigenvalue weighted by Crippen LogP contribution is -2.44. The van der Waals surface area contributed by atoms with Crippen LogP contribution < -0.4 is 5.32 Å². The van der Waals surface area contributed by atoms with Crippen molar-refractivity contribution in [2.45, 2.75) is 25.2 Å². The van der Waals surface area contributed by atoms with Gasteiger partial charge >= 0.3 is 6.18 Å². The van der Waals surface area contributed by atoms with E-state index < -0.39 is 29.8 Å². The first-order chi connectivity index (χ1) is 14.7. The highest BCUT2D eigenvalue weighted by atomic mass is 19.4. The van der Waals surface area contributed by atoms with Gasteiger partial charge < -0.3 is 19.4 Å². The van der Waals surface area contributed by atoms with Crippen LogP contribution in [0.3, 0.4) is 0 Å². The zero-order valence-corrected chi connectivity index (χ0v) is 16.8. The van der Waals surface area contributed by atoms with Gasteiger partial charge in [0.15, 0.2) is 0 Å². The van der Waals surface area contributed by atoms with Gasteiger partial charge in [0.05, 0.1) is 48.3 Å². The third-order valence-electron chi connectivity index (χ3n) is 5.03. The molecule has 1 aliphatic heterocycles. The number of hydrogen-bond donors (Lipinski definition) is 1. The third kappa shape index (κ3) is 4.37. The van der Waals surface area contributed by atoms with E-state index in [4.69, 9.17) is 9.47 Å². The number of hydrogen-bond acceptors (Lipinski definition) is 6. The molecule has 3 heterocycles. The summed E-state index contributed by atoms with van der Waals surface area (Å²) in [4.78, 5) is 25.4. The molecule has 1 aromatic carbocycles. The van der Waals surface area contributed by atoms with Crippen LogP contribution >= 0.6 is 0 Å². The van der Waals surface area contributed by atoms with Crippen molar-refractivity contribution in [1.82, 2.24) is 24.8 Å². The lowest BCUT2D eigenvalue weighted by Gasteiger charge is -2.30. The Labute approximate surface area is 175 Å². The van der Waals surface area contributed by atoms with Crippen molar-refractivity contribution in [3.8, 4) is 0 Å². The zero-order chi connectivity index (χ0) is 22.2. The largest absolute Gasteiger partial charge is 0.416 e. The minimum Gasteiger partial charge on any atom is -0.376 e. The summed E-state index contributed by atoms with van der Waals surface area (Å²) in [6, 6.07) is 2.55. The van der Waals surface area contributed by atoms with Crippen LogP contribution in [-0.2, 0) is 22.7 Å². The maximum Gasteiger partial charge on any atom is 0.416 e. The summed E-state index contributed by atoms with van der Waals surface area (Å²) < 4.78 is 52.2. The second-order valence-corrected chi connectivity index (χ2v) is 7.21. The molecule has 0 radical (unpaired) electrons. The predicted octanol–water partition coefficient (Wildman–Crippen LogP) is 2.58. The molecule has 2 aromatic heterocycles. The summed E-state index contributed by atoms with van der Waals surface area (Å²) in [5.74, 6) is -0.159. The molecule has 0 saturated carbocycles. The Morgan fingerprint density at radius 3 is 2.71 bits per heavy atom. The number of nitrogens with zero attached hydrogens (tertiary/aromatic N) is 4. The van der Waals surface area contributed by atoms with Crippen LogP contribution in [0.25, 0.3) is 11.0 Å². The van der Waals surface area contributed by atoms with Crippen molar-refractivity contribution in [2.75, 3.05) is 19.8 Å². The number of alkyl halides is 3. The summed E-state index contributed by atoms with van der Waals surface area (Å²) >= 11 is 0. The number of amides is 1. The number of ether oxygens (including phenoxy) is 2. The Bertz CT molecular complexity index is 1090. The molecular formula is C20H20F3N5O3. The van der Waals surface area contributed by atoms with E-state index in [1.165, 1.54) is 23.0 Å². The molecule has 8 nitrogen and oxygen atoms in total. The van der Waals surface area contributed by atoms with Crippen LogP contribution in [0.15, 0.2) is 30.6 Å². The zero-order valence-electron chi connectivity index (χ0n) is 16.8. The first-order valence-corrected chi connectivity index (χ1v) is 9.56. The van der Waals surface area contributed by atoms with Gasteiger partial charge in [-0.05, 0) is 25.1 Å². The van der Waals surface area contributed by atoms with Gasteiger partial charge in [-0.15, -0.1) is 0 Å². The number of aryl methyl sites for hydroxylation is 2. The molecule has 1 saturated heterocycles. The Kier molecular flexibility index (Phi) is 5.63. The first-order valence-electron chi connectivity index (χ1n) is 9.56. The van der Waals surface area contributed by atoms with Crippen LogP contribution in [0.1, 0.15) is 33.6 Å². The van der Waals surface area contributed by atoms with Crippen LogP contribution in [0.5, 0.6) is 0 Å². The molecule has 4 rings (SSSR count). The van der Waals surface area contributed by atoms with E-state index in [0.717, 1.165) is 12.1 Å². The number of carbonyl (C=O) groups is 1. The lowest BCUT2D eigenvalue weighted by molar-refractivity contribution is -0.137. The second kappa shape index (κ2) is 8.23. The number of aromatic nitrogens is 4. The van der Waals surface area contributed by atoms with E-state index in [2.05, 4.69) is 20.3 Å². The molecule has 0 bridgehead atoms. The third-order valence-corrected chi connectivity index (χ3v) is 5.03. The molecular weight excluding hydrogens is 415 g/mol. The van der Waals surface area contributed by atoms with Gasteiger partial charge in [-0.3, -0.25) is 9.78 Å². The summed E-state index contributed by atoms with van der Waals surface area (Å²) in [5, 5.41) is 2.83. The summed E-state index contributed by atoms with van der Waals surface area (Å²) in [6.45, 7) is 2.68. The van der Waals surface area contributed by atoms with Crippen molar-refractivity contribution in [2.24, 2.45) is 7.05 Å². The fourth-order valence-electron chi connectivity index (χ4n) is 3.41. The molecule has 1 amide bonds. The van der Waals surface area contributed by atoms with Gasteiger partial charge in [0.2, 0.25) is 0 Å². The van der Waals surface area contributed by atoms with Gasteiger partial charge in [-0.2, -0.15) is 13.2 Å². The molecule has 3 aromatic rings. The van der Waals surface area contributed by atoms with E-state index in [-0.39, 0.29) is 17.8 Å². The molecule has 31 heavy (non-hydrogen) atoms. The van der Waals surface area contributed by atoms with Gasteiger partial charge in [-0.1, -0.05) is 0 Å². The number of rotatable bonds is 4. The van der Waals surface area contributed by atoms with E-state index in [0.29, 0.717) is 30.2 Å². The van der Waals surface area contributed by atoms with Crippen LogP contribution in [0.2, 0.25) is 0 Å². The lowest BCUT2D eigenvalue weighted by atomic mass is 10.1. The number of carbonyl (C=O) groups excluding carboxylic acids is 1. The number of halogens is 3. The van der Waals surface area contributed by atoms with Crippen molar-refractivity contribution >= 4 is 16.9 Å². The number of nitrogens with one attached hydrogen (secondary N) is 1. The van der Waals surface area contributed by atoms with E-state index >= 15 is 0 Å². The molecule has 0 spiro atoms. The van der Waals surface area contributed by atoms with Gasteiger partial charge in [0, 0.05) is 13.2 Å². The van der Waals surface area contributed by atoms with Crippen molar-refractivity contribution in [3.05, 3.63) is 53.4 Å². The van der Waals surface area contributed by atoms with E-state index in [9.17, 15) is 18.0 Å². The Morgan fingerprint density at radius 2 is 2.06 bits per heavy atom. The Morgan fingerprint density at radius 1 is 1.26 bits per heavy atom. The molecule has 11 heteroatoms. The first kappa shape index (κ1) is 21.2. The normalized spacial score (nSPS) is 18.2. The molecule has 0 aliphatic carbocycles. The van der Waals surface area contributed by atoms with Crippen molar-refractivity contribution in [1.29, 1.82) is 0 Å². The Balaban J connectivity index is 1.72. The highest BCUT2D eigenvalue weighted by molar-refractivity contribution is 5.92. The molecule has 1 N–H and O–H groups in total. The van der Waals surface area contributed by atoms with Gasteiger partial charge in [0.25, 0.3) is 5.91 Å². The topological polar surface area (TPSA) is 91.2 Å². The van der Waals surface area contributed by atoms with Gasteiger partial charge in [0.1, 0.15) is 23.7 Å². The Hall–Kier alpha value is -3.05. The molecule has 164 valence electrons. The summed E-state index contributed by atoms with van der Waals surface area (Å²) in [7, 11) is 1.60. The van der Waals surface area contributed by atoms with Crippen LogP contribution in [0, 0.1) is 6.92 Å². The van der Waals surface area contributed by atoms with Crippen molar-refractivity contribution < 1.29 is 27.4 Å². The highest BCUT2D eigenvalue weighted by Crippen LogP contribution is 2.32. The number of benzene rings is 1. The van der Waals surface area contributed by atoms with Crippen LogP contribution in [0.4, 0.5) is 13.2 Å². The standard InChI is InChI=1S/C20H20F3N5O3/c1-11-8-25-14(9-24-11)19(29)27-17(16-10-30-5-6-31-16)18-26-13-4-3-12(20(21,22)23)7-15(13)28(18)2/h3-4,7-9,16-17H,5-6,10H2,1-2H3,(H,27,29). The predicted molar refractivity (Wildman–Crippen MR) is 103 cm³/mol. The monoisotopic (exact) mass is 435 g/mol. The molecule has 1 aliphatic rings. The van der Waals surface area contributed by atoms with Gasteiger partial charge in [-0.25, -0.2) is 9.97 Å². The summed E-state index contributed by atoms with van der Waals surface area (Å²) in [5.41, 5.74) is 0.647. The molecule has 2 unspecified atom stereocenters. The minimum absolute atomic E-state index is 0.102. The molecule has 2 atom stereocenters. The minimum atomic E-state index is -4.48. The maximum absolute atomic E-state index is 13.2. The second-order valence-electron chi connectivity index (χ2n) is 7.21. The average molecular weight is 435 g/mol. The van der Waals surface area contributed by atoms with Crippen molar-refractivity contribution in [3.63, 3.8) is 0 Å². The van der Waals surface area contributed by atoms with Crippen LogP contribution in [-0.4, -0.2) is 51.4 Å². The smallest absolute Gasteiger partial charge is 0.376 e. The highest BCUT2D eigenvalue weighted by Gasteiger charge is 2.34. The van der Waals surface area contributed by atoms with E-state index in [1.54, 1.807) is 14.0 Å². The SMILES string of the molecule is Cc1cnc(C(=O)NC(c2nc3ccc(C(F)(F)F)cc3n2C)C2COCCO2)cn1. The summed E-state index contributed by atoms with van der Waals surface area (Å²) in [6.07, 6.45) is -2.23. The van der Waals surface area contributed by atoms with E-state index in [1.807, 2.05) is 0 Å². The fraction of sp³-hybridized carbons (Fsp3) is 0.400. The quantitative estimate of drug-likeness (QED) is 0.678. The number of fused-ring (bicyclic) bond motifs is 1. The number of imidazole rings is 1. The maximum atomic E-state index is 13.2. The molecule has 1 fully saturated rings.